The standard InChI is InChI=1S/C18H23N3O/c1-15-9-10-17(13-19-15)18(22)21(12-11-20(2)3)14-16-7-5-4-6-8-16/h4-10,13H,11-12,14H2,1-3H3. The number of rotatable bonds is 6. The second-order valence-corrected chi connectivity index (χ2v) is 5.70. The summed E-state index contributed by atoms with van der Waals surface area (Å²) < 4.78 is 0. The quantitative estimate of drug-likeness (QED) is 0.822. The molecular formula is C18H23N3O. The van der Waals surface area contributed by atoms with Gasteiger partial charge in [0.25, 0.3) is 5.91 Å². The summed E-state index contributed by atoms with van der Waals surface area (Å²) in [6.45, 7) is 4.05. The molecule has 1 heterocycles. The number of carbonyl (C=O) groups is 1. The lowest BCUT2D eigenvalue weighted by Gasteiger charge is -2.24. The number of pyridine rings is 1. The summed E-state index contributed by atoms with van der Waals surface area (Å²) >= 11 is 0. The van der Waals surface area contributed by atoms with E-state index in [0.717, 1.165) is 17.8 Å². The Bertz CT molecular complexity index is 593. The van der Waals surface area contributed by atoms with Gasteiger partial charge in [-0.15, -0.1) is 0 Å². The Balaban J connectivity index is 2.15. The summed E-state index contributed by atoms with van der Waals surface area (Å²) in [5.41, 5.74) is 2.69. The maximum absolute atomic E-state index is 12.7. The van der Waals surface area contributed by atoms with E-state index in [1.807, 2.05) is 68.4 Å². The van der Waals surface area contributed by atoms with Gasteiger partial charge < -0.3 is 9.80 Å². The molecule has 0 N–H and O–H groups in total. The highest BCUT2D eigenvalue weighted by molar-refractivity contribution is 5.93. The van der Waals surface area contributed by atoms with Crippen molar-refractivity contribution < 1.29 is 4.79 Å². The molecule has 1 aromatic heterocycles. The Morgan fingerprint density at radius 2 is 1.77 bits per heavy atom. The molecule has 1 amide bonds. The van der Waals surface area contributed by atoms with Crippen LogP contribution in [0.25, 0.3) is 0 Å². The first-order valence-electron chi connectivity index (χ1n) is 7.47. The normalized spacial score (nSPS) is 10.7. The molecule has 0 radical (unpaired) electrons. The van der Waals surface area contributed by atoms with Gasteiger partial charge in [0, 0.05) is 31.5 Å². The number of carbonyl (C=O) groups excluding carboxylic acids is 1. The summed E-state index contributed by atoms with van der Waals surface area (Å²) in [5, 5.41) is 0. The molecule has 0 aliphatic carbocycles. The molecule has 4 heteroatoms. The van der Waals surface area contributed by atoms with Gasteiger partial charge in [0.2, 0.25) is 0 Å². The maximum Gasteiger partial charge on any atom is 0.255 e. The Hall–Kier alpha value is -2.20. The molecule has 0 fully saturated rings. The lowest BCUT2D eigenvalue weighted by molar-refractivity contribution is 0.0731. The van der Waals surface area contributed by atoms with Crippen LogP contribution in [0.5, 0.6) is 0 Å². The van der Waals surface area contributed by atoms with Gasteiger partial charge in [-0.1, -0.05) is 30.3 Å². The molecular weight excluding hydrogens is 274 g/mol. The van der Waals surface area contributed by atoms with Crippen molar-refractivity contribution in [3.05, 3.63) is 65.5 Å². The fourth-order valence-electron chi connectivity index (χ4n) is 2.15. The zero-order chi connectivity index (χ0) is 15.9. The first-order chi connectivity index (χ1) is 10.6. The van der Waals surface area contributed by atoms with Gasteiger partial charge in [-0.2, -0.15) is 0 Å². The van der Waals surface area contributed by atoms with Gasteiger partial charge in [0.1, 0.15) is 0 Å². The van der Waals surface area contributed by atoms with Crippen LogP contribution >= 0.6 is 0 Å². The highest BCUT2D eigenvalue weighted by atomic mass is 16.2. The Kier molecular flexibility index (Phi) is 5.67. The second-order valence-electron chi connectivity index (χ2n) is 5.70. The smallest absolute Gasteiger partial charge is 0.255 e. The number of hydrogen-bond donors (Lipinski definition) is 0. The van der Waals surface area contributed by atoms with Crippen LogP contribution in [0.15, 0.2) is 48.7 Å². The van der Waals surface area contributed by atoms with E-state index in [4.69, 9.17) is 0 Å². The number of hydrogen-bond acceptors (Lipinski definition) is 3. The number of nitrogens with zero attached hydrogens (tertiary/aromatic N) is 3. The summed E-state index contributed by atoms with van der Waals surface area (Å²) in [5.74, 6) is 0.0261. The summed E-state index contributed by atoms with van der Waals surface area (Å²) in [4.78, 5) is 20.9. The van der Waals surface area contributed by atoms with Crippen LogP contribution in [0.3, 0.4) is 0 Å². The number of aromatic nitrogens is 1. The van der Waals surface area contributed by atoms with Crippen molar-refractivity contribution >= 4 is 5.91 Å². The van der Waals surface area contributed by atoms with Gasteiger partial charge in [-0.3, -0.25) is 9.78 Å². The van der Waals surface area contributed by atoms with E-state index in [9.17, 15) is 4.79 Å². The van der Waals surface area contributed by atoms with E-state index >= 15 is 0 Å². The molecule has 1 aromatic carbocycles. The van der Waals surface area contributed by atoms with Crippen LogP contribution in [0, 0.1) is 6.92 Å². The van der Waals surface area contributed by atoms with Crippen molar-refractivity contribution in [2.45, 2.75) is 13.5 Å². The SMILES string of the molecule is Cc1ccc(C(=O)N(CCN(C)C)Cc2ccccc2)cn1. The van der Waals surface area contributed by atoms with Gasteiger partial charge >= 0.3 is 0 Å². The zero-order valence-electron chi connectivity index (χ0n) is 13.5. The first-order valence-corrected chi connectivity index (χ1v) is 7.47. The molecule has 0 saturated carbocycles. The highest BCUT2D eigenvalue weighted by Crippen LogP contribution is 2.10. The molecule has 0 saturated heterocycles. The third-order valence-corrected chi connectivity index (χ3v) is 3.48. The summed E-state index contributed by atoms with van der Waals surface area (Å²) in [7, 11) is 4.03. The van der Waals surface area contributed by atoms with Crippen molar-refractivity contribution in [1.82, 2.24) is 14.8 Å². The second kappa shape index (κ2) is 7.71. The van der Waals surface area contributed by atoms with Crippen LogP contribution in [-0.2, 0) is 6.54 Å². The molecule has 0 aliphatic rings. The van der Waals surface area contributed by atoms with Crippen molar-refractivity contribution in [3.63, 3.8) is 0 Å². The molecule has 0 spiro atoms. The average Bonchev–Trinajstić information content (AvgIpc) is 2.52. The fraction of sp³-hybridized carbons (Fsp3) is 0.333. The zero-order valence-corrected chi connectivity index (χ0v) is 13.5. The van der Waals surface area contributed by atoms with Crippen molar-refractivity contribution in [2.24, 2.45) is 0 Å². The fourth-order valence-corrected chi connectivity index (χ4v) is 2.15. The van der Waals surface area contributed by atoms with Crippen LogP contribution in [0.1, 0.15) is 21.6 Å². The molecule has 0 bridgehead atoms. The number of aryl methyl sites for hydroxylation is 1. The van der Waals surface area contributed by atoms with Crippen LogP contribution < -0.4 is 0 Å². The predicted octanol–water partition coefficient (Wildman–Crippen LogP) is 2.59. The summed E-state index contributed by atoms with van der Waals surface area (Å²) in [6, 6.07) is 13.8. The highest BCUT2D eigenvalue weighted by Gasteiger charge is 2.16. The minimum absolute atomic E-state index is 0.0261. The van der Waals surface area contributed by atoms with Crippen molar-refractivity contribution in [3.8, 4) is 0 Å². The third-order valence-electron chi connectivity index (χ3n) is 3.48. The van der Waals surface area contributed by atoms with Gasteiger partial charge in [-0.05, 0) is 38.7 Å². The molecule has 22 heavy (non-hydrogen) atoms. The Labute approximate surface area is 132 Å². The van der Waals surface area contributed by atoms with E-state index < -0.39 is 0 Å². The number of likely N-dealkylation sites (N-methyl/N-ethyl adjacent to an activating group) is 1. The first kappa shape index (κ1) is 16.2. The molecule has 4 nitrogen and oxygen atoms in total. The van der Waals surface area contributed by atoms with Gasteiger partial charge in [-0.25, -0.2) is 0 Å². The van der Waals surface area contributed by atoms with E-state index in [0.29, 0.717) is 18.7 Å². The van der Waals surface area contributed by atoms with E-state index in [2.05, 4.69) is 9.88 Å². The predicted molar refractivity (Wildman–Crippen MR) is 88.7 cm³/mol. The Morgan fingerprint density at radius 1 is 1.05 bits per heavy atom. The van der Waals surface area contributed by atoms with Crippen molar-refractivity contribution in [2.75, 3.05) is 27.2 Å². The van der Waals surface area contributed by atoms with E-state index in [-0.39, 0.29) is 5.91 Å². The molecule has 116 valence electrons. The topological polar surface area (TPSA) is 36.4 Å². The van der Waals surface area contributed by atoms with E-state index in [1.165, 1.54) is 0 Å². The molecule has 2 aromatic rings. The third kappa shape index (κ3) is 4.67. The number of benzene rings is 1. The average molecular weight is 297 g/mol. The van der Waals surface area contributed by atoms with Gasteiger partial charge in [0.05, 0.1) is 5.56 Å². The summed E-state index contributed by atoms with van der Waals surface area (Å²) in [6.07, 6.45) is 1.66. The lowest BCUT2D eigenvalue weighted by Crippen LogP contribution is -2.36. The molecule has 0 aliphatic heterocycles. The molecule has 0 unspecified atom stereocenters. The van der Waals surface area contributed by atoms with Gasteiger partial charge in [0.15, 0.2) is 0 Å². The Morgan fingerprint density at radius 3 is 2.36 bits per heavy atom. The monoisotopic (exact) mass is 297 g/mol. The molecule has 2 rings (SSSR count). The lowest BCUT2D eigenvalue weighted by atomic mass is 10.2. The van der Waals surface area contributed by atoms with Crippen LogP contribution in [-0.4, -0.2) is 47.9 Å². The minimum Gasteiger partial charge on any atom is -0.333 e. The maximum atomic E-state index is 12.7. The van der Waals surface area contributed by atoms with Crippen LogP contribution in [0.4, 0.5) is 0 Å². The number of amides is 1. The largest absolute Gasteiger partial charge is 0.333 e. The van der Waals surface area contributed by atoms with E-state index in [1.54, 1.807) is 6.20 Å². The van der Waals surface area contributed by atoms with Crippen molar-refractivity contribution in [1.29, 1.82) is 0 Å². The van der Waals surface area contributed by atoms with Crippen LogP contribution in [0.2, 0.25) is 0 Å². The molecule has 0 atom stereocenters. The minimum atomic E-state index is 0.0261.